The lowest BCUT2D eigenvalue weighted by Crippen LogP contribution is -2.23. The lowest BCUT2D eigenvalue weighted by molar-refractivity contribution is -0.117. The second-order valence-corrected chi connectivity index (χ2v) is 9.37. The van der Waals surface area contributed by atoms with Crippen LogP contribution in [0, 0.1) is 11.3 Å². The van der Waals surface area contributed by atoms with Crippen molar-refractivity contribution in [2.45, 2.75) is 13.2 Å². The molecule has 1 amide bonds. The Morgan fingerprint density at radius 2 is 1.68 bits per heavy atom. The molecule has 0 aliphatic heterocycles. The van der Waals surface area contributed by atoms with Gasteiger partial charge in [0, 0.05) is 34.5 Å². The molecule has 1 N–H and O–H groups in total. The molecule has 0 radical (unpaired) electrons. The third-order valence-corrected chi connectivity index (χ3v) is 6.55. The number of benzene rings is 4. The molecule has 0 unspecified atom stereocenters. The maximum absolute atomic E-state index is 12.9. The second-order valence-electron chi connectivity index (χ2n) is 8.96. The first-order chi connectivity index (χ1) is 19.6. The van der Waals surface area contributed by atoms with Crippen LogP contribution in [0.3, 0.4) is 0 Å². The molecular formula is C33H25ClN4O2. The molecule has 0 aliphatic rings. The van der Waals surface area contributed by atoms with Crippen LogP contribution in [0.1, 0.15) is 16.7 Å². The zero-order chi connectivity index (χ0) is 27.7. The fraction of sp³-hybridized carbons (Fsp3) is 0.0606. The summed E-state index contributed by atoms with van der Waals surface area (Å²) in [6.45, 7) is 0.633. The van der Waals surface area contributed by atoms with Gasteiger partial charge in [-0.25, -0.2) is 4.68 Å². The summed E-state index contributed by atoms with van der Waals surface area (Å²) in [6, 6.07) is 36.3. The minimum atomic E-state index is -0.457. The first kappa shape index (κ1) is 26.5. The highest BCUT2D eigenvalue weighted by Crippen LogP contribution is 2.29. The molecule has 0 fully saturated rings. The predicted octanol–water partition coefficient (Wildman–Crippen LogP) is 7.00. The summed E-state index contributed by atoms with van der Waals surface area (Å²) in [4.78, 5) is 12.9. The Hall–Kier alpha value is -5.12. The Morgan fingerprint density at radius 1 is 0.950 bits per heavy atom. The molecular weight excluding hydrogens is 520 g/mol. The van der Waals surface area contributed by atoms with Crippen LogP contribution in [0.15, 0.2) is 121 Å². The normalized spacial score (nSPS) is 11.1. The lowest BCUT2D eigenvalue weighted by Gasteiger charge is -2.09. The summed E-state index contributed by atoms with van der Waals surface area (Å²) in [5.74, 6) is 0.185. The lowest BCUT2D eigenvalue weighted by atomic mass is 10.1. The molecule has 40 heavy (non-hydrogen) atoms. The minimum Gasteiger partial charge on any atom is -0.489 e. The number of ether oxygens (including phenoxy) is 1. The second kappa shape index (κ2) is 12.6. The highest BCUT2D eigenvalue weighted by molar-refractivity contribution is 6.31. The number of halogens is 1. The van der Waals surface area contributed by atoms with E-state index in [4.69, 9.17) is 21.4 Å². The van der Waals surface area contributed by atoms with Crippen LogP contribution in [0.25, 0.3) is 23.0 Å². The van der Waals surface area contributed by atoms with E-state index in [9.17, 15) is 10.1 Å². The number of hydrogen-bond acceptors (Lipinski definition) is 4. The van der Waals surface area contributed by atoms with Gasteiger partial charge in [0.2, 0.25) is 0 Å². The fourth-order valence-electron chi connectivity index (χ4n) is 4.12. The van der Waals surface area contributed by atoms with Gasteiger partial charge >= 0.3 is 0 Å². The van der Waals surface area contributed by atoms with Crippen LogP contribution in [0.5, 0.6) is 5.75 Å². The van der Waals surface area contributed by atoms with Gasteiger partial charge < -0.3 is 10.1 Å². The summed E-state index contributed by atoms with van der Waals surface area (Å²) >= 11 is 6.29. The van der Waals surface area contributed by atoms with Gasteiger partial charge in [0.05, 0.1) is 5.69 Å². The molecule has 6 nitrogen and oxygen atoms in total. The van der Waals surface area contributed by atoms with Gasteiger partial charge in [0.25, 0.3) is 5.91 Å². The van der Waals surface area contributed by atoms with Crippen molar-refractivity contribution >= 4 is 23.6 Å². The number of amides is 1. The summed E-state index contributed by atoms with van der Waals surface area (Å²) in [7, 11) is 0. The van der Waals surface area contributed by atoms with E-state index in [0.29, 0.717) is 35.2 Å². The summed E-state index contributed by atoms with van der Waals surface area (Å²) in [6.07, 6.45) is 3.38. The molecule has 1 heterocycles. The van der Waals surface area contributed by atoms with Crippen molar-refractivity contribution in [3.8, 4) is 28.8 Å². The van der Waals surface area contributed by atoms with E-state index in [1.807, 2.05) is 121 Å². The smallest absolute Gasteiger partial charge is 0.262 e. The zero-order valence-corrected chi connectivity index (χ0v) is 22.3. The summed E-state index contributed by atoms with van der Waals surface area (Å²) in [5.41, 5.74) is 4.66. The highest BCUT2D eigenvalue weighted by Gasteiger charge is 2.16. The summed E-state index contributed by atoms with van der Waals surface area (Å²) < 4.78 is 7.76. The number of carbonyl (C=O) groups excluding carboxylic acids is 1. The molecule has 1 aromatic heterocycles. The largest absolute Gasteiger partial charge is 0.489 e. The van der Waals surface area contributed by atoms with Crippen LogP contribution in [-0.4, -0.2) is 15.7 Å². The molecule has 0 bridgehead atoms. The third-order valence-electron chi connectivity index (χ3n) is 6.18. The number of nitrogens with one attached hydrogen (secondary N) is 1. The van der Waals surface area contributed by atoms with Gasteiger partial charge in [-0.3, -0.25) is 4.79 Å². The Morgan fingerprint density at radius 3 is 2.42 bits per heavy atom. The minimum absolute atomic E-state index is 0.0177. The Balaban J connectivity index is 1.46. The Bertz CT molecular complexity index is 1690. The maximum atomic E-state index is 12.9. The van der Waals surface area contributed by atoms with Gasteiger partial charge in [-0.2, -0.15) is 10.4 Å². The van der Waals surface area contributed by atoms with E-state index in [-0.39, 0.29) is 5.57 Å². The molecule has 0 atom stereocenters. The monoisotopic (exact) mass is 544 g/mol. The zero-order valence-electron chi connectivity index (χ0n) is 21.5. The van der Waals surface area contributed by atoms with Gasteiger partial charge in [0.15, 0.2) is 0 Å². The Labute approximate surface area is 237 Å². The van der Waals surface area contributed by atoms with Gasteiger partial charge in [-0.15, -0.1) is 0 Å². The van der Waals surface area contributed by atoms with Crippen molar-refractivity contribution in [1.29, 1.82) is 5.26 Å². The predicted molar refractivity (Wildman–Crippen MR) is 157 cm³/mol. The van der Waals surface area contributed by atoms with E-state index in [1.165, 1.54) is 0 Å². The molecule has 196 valence electrons. The van der Waals surface area contributed by atoms with Crippen molar-refractivity contribution in [3.05, 3.63) is 143 Å². The SMILES string of the molecule is N#CC(=Cc1cn(-c2ccccc2)nc1-c1cccc(OCc2ccccc2Cl)c1)C(=O)NCc1ccccc1. The standard InChI is InChI=1S/C33H25ClN4O2/c34-31-17-8-7-12-26(31)23-40-30-16-9-13-25(19-30)32-28(22-38(37-32)29-14-5-2-6-15-29)18-27(20-35)33(39)36-21-24-10-3-1-4-11-24/h1-19,22H,21,23H2,(H,36,39). The van der Waals surface area contributed by atoms with Crippen molar-refractivity contribution in [3.63, 3.8) is 0 Å². The van der Waals surface area contributed by atoms with E-state index in [2.05, 4.69) is 5.32 Å². The first-order valence-electron chi connectivity index (χ1n) is 12.7. The topological polar surface area (TPSA) is 79.9 Å². The number of para-hydroxylation sites is 1. The van der Waals surface area contributed by atoms with Crippen molar-refractivity contribution in [1.82, 2.24) is 15.1 Å². The van der Waals surface area contributed by atoms with E-state index < -0.39 is 5.91 Å². The molecule has 5 aromatic rings. The fourth-order valence-corrected chi connectivity index (χ4v) is 4.31. The van der Waals surface area contributed by atoms with Crippen molar-refractivity contribution in [2.75, 3.05) is 0 Å². The van der Waals surface area contributed by atoms with Crippen LogP contribution in [-0.2, 0) is 17.9 Å². The van der Waals surface area contributed by atoms with Crippen molar-refractivity contribution < 1.29 is 9.53 Å². The van der Waals surface area contributed by atoms with Crippen LogP contribution in [0.4, 0.5) is 0 Å². The van der Waals surface area contributed by atoms with E-state index >= 15 is 0 Å². The molecule has 0 aliphatic carbocycles. The molecule has 0 saturated carbocycles. The highest BCUT2D eigenvalue weighted by atomic mass is 35.5. The molecule has 0 saturated heterocycles. The van der Waals surface area contributed by atoms with Gasteiger partial charge in [-0.1, -0.05) is 90.5 Å². The Kier molecular flexibility index (Phi) is 8.35. The number of aromatic nitrogens is 2. The number of carbonyl (C=O) groups is 1. The van der Waals surface area contributed by atoms with Crippen LogP contribution >= 0.6 is 11.6 Å². The number of hydrogen-bond donors (Lipinski definition) is 1. The summed E-state index contributed by atoms with van der Waals surface area (Å²) in [5, 5.41) is 18.1. The molecule has 7 heteroatoms. The van der Waals surface area contributed by atoms with E-state index in [1.54, 1.807) is 10.8 Å². The molecule has 4 aromatic carbocycles. The average molecular weight is 545 g/mol. The number of nitrogens with zero attached hydrogens (tertiary/aromatic N) is 3. The quantitative estimate of drug-likeness (QED) is 0.160. The van der Waals surface area contributed by atoms with E-state index in [0.717, 1.165) is 22.4 Å². The average Bonchev–Trinajstić information content (AvgIpc) is 3.43. The van der Waals surface area contributed by atoms with Crippen LogP contribution < -0.4 is 10.1 Å². The van der Waals surface area contributed by atoms with Crippen LogP contribution in [0.2, 0.25) is 5.02 Å². The molecule has 0 spiro atoms. The van der Waals surface area contributed by atoms with Gasteiger partial charge in [-0.05, 0) is 42.0 Å². The maximum Gasteiger partial charge on any atom is 0.262 e. The third kappa shape index (κ3) is 6.47. The first-order valence-corrected chi connectivity index (χ1v) is 13.0. The van der Waals surface area contributed by atoms with Gasteiger partial charge in [0.1, 0.15) is 29.7 Å². The number of nitriles is 1. The number of rotatable bonds is 9. The molecule has 5 rings (SSSR count). The van der Waals surface area contributed by atoms with Crippen molar-refractivity contribution in [2.24, 2.45) is 0 Å².